The molecule has 0 amide bonds. The number of fused-ring (bicyclic) bond motifs is 1. The van der Waals surface area contributed by atoms with Gasteiger partial charge in [0.1, 0.15) is 0 Å². The molecule has 1 saturated heterocycles. The van der Waals surface area contributed by atoms with E-state index >= 15 is 0 Å². The van der Waals surface area contributed by atoms with Crippen LogP contribution < -0.4 is 0 Å². The van der Waals surface area contributed by atoms with E-state index in [9.17, 15) is 9.90 Å². The standard InChI is InChI=1S/C24H32N4O3S/c1-5-19-25-24-28(26-19)22(29)21(32-24)20(17-11-9-16(10-12-17)15(3)4)27-13-7-8-18(14-27)23(30)31-6-2/h9-12,15,18,20,29H,5-8,13-14H2,1-4H3/t18-,20-/m1/s1. The quantitative estimate of drug-likeness (QED) is 0.526. The Kier molecular flexibility index (Phi) is 6.81. The Morgan fingerprint density at radius 2 is 1.97 bits per heavy atom. The maximum atomic E-state index is 12.5. The van der Waals surface area contributed by atoms with Crippen LogP contribution in [0, 0.1) is 5.92 Å². The molecule has 4 rings (SSSR count). The van der Waals surface area contributed by atoms with Gasteiger partial charge < -0.3 is 9.84 Å². The van der Waals surface area contributed by atoms with Crippen LogP contribution in [-0.2, 0) is 16.0 Å². The third-order valence-electron chi connectivity index (χ3n) is 6.16. The fourth-order valence-corrected chi connectivity index (χ4v) is 5.54. The fourth-order valence-electron chi connectivity index (χ4n) is 4.40. The first-order valence-electron chi connectivity index (χ1n) is 11.5. The number of rotatable bonds is 7. The molecule has 1 fully saturated rings. The minimum atomic E-state index is -0.174. The molecule has 1 N–H and O–H groups in total. The highest BCUT2D eigenvalue weighted by Crippen LogP contribution is 2.41. The molecule has 0 saturated carbocycles. The highest BCUT2D eigenvalue weighted by molar-refractivity contribution is 7.17. The van der Waals surface area contributed by atoms with E-state index < -0.39 is 0 Å². The smallest absolute Gasteiger partial charge is 0.310 e. The molecule has 1 aliphatic rings. The van der Waals surface area contributed by atoms with Crippen molar-refractivity contribution in [3.8, 4) is 5.88 Å². The zero-order chi connectivity index (χ0) is 22.8. The van der Waals surface area contributed by atoms with Gasteiger partial charge in [0, 0.05) is 13.0 Å². The summed E-state index contributed by atoms with van der Waals surface area (Å²) in [5.74, 6) is 1.01. The van der Waals surface area contributed by atoms with Crippen LogP contribution in [0.1, 0.15) is 74.3 Å². The summed E-state index contributed by atoms with van der Waals surface area (Å²) >= 11 is 1.47. The van der Waals surface area contributed by atoms with E-state index in [1.54, 1.807) is 4.52 Å². The van der Waals surface area contributed by atoms with Crippen molar-refractivity contribution in [3.63, 3.8) is 0 Å². The van der Waals surface area contributed by atoms with Crippen LogP contribution in [0.5, 0.6) is 5.88 Å². The minimum absolute atomic E-state index is 0.133. The van der Waals surface area contributed by atoms with Gasteiger partial charge in [0.05, 0.1) is 23.4 Å². The predicted octanol–water partition coefficient (Wildman–Crippen LogP) is 4.55. The number of aryl methyl sites for hydroxylation is 1. The lowest BCUT2D eigenvalue weighted by molar-refractivity contribution is -0.150. The van der Waals surface area contributed by atoms with Gasteiger partial charge in [0.2, 0.25) is 10.8 Å². The van der Waals surface area contributed by atoms with Crippen molar-refractivity contribution in [2.75, 3.05) is 19.7 Å². The van der Waals surface area contributed by atoms with E-state index in [0.29, 0.717) is 24.0 Å². The Bertz CT molecular complexity index is 1070. The minimum Gasteiger partial charge on any atom is -0.492 e. The number of hydrogen-bond donors (Lipinski definition) is 1. The van der Waals surface area contributed by atoms with Crippen LogP contribution >= 0.6 is 11.3 Å². The number of piperidine rings is 1. The monoisotopic (exact) mass is 456 g/mol. The van der Waals surface area contributed by atoms with Gasteiger partial charge in [-0.2, -0.15) is 4.52 Å². The van der Waals surface area contributed by atoms with Crippen molar-refractivity contribution in [1.29, 1.82) is 0 Å². The summed E-state index contributed by atoms with van der Waals surface area (Å²) in [5, 5.41) is 15.6. The van der Waals surface area contributed by atoms with Gasteiger partial charge in [-0.1, -0.05) is 56.4 Å². The second-order valence-corrected chi connectivity index (χ2v) is 9.69. The average Bonchev–Trinajstić information content (AvgIpc) is 3.34. The number of aromatic nitrogens is 3. The topological polar surface area (TPSA) is 80.0 Å². The third kappa shape index (κ3) is 4.38. The zero-order valence-electron chi connectivity index (χ0n) is 19.2. The van der Waals surface area contributed by atoms with Gasteiger partial charge in [-0.25, -0.2) is 4.98 Å². The first-order chi connectivity index (χ1) is 15.4. The molecular weight excluding hydrogens is 424 g/mol. The van der Waals surface area contributed by atoms with Gasteiger partial charge in [-0.05, 0) is 43.4 Å². The molecule has 3 heterocycles. The number of ether oxygens (including phenoxy) is 1. The zero-order valence-corrected chi connectivity index (χ0v) is 20.1. The Hall–Kier alpha value is -2.45. The van der Waals surface area contributed by atoms with Crippen molar-refractivity contribution in [1.82, 2.24) is 19.5 Å². The molecule has 8 heteroatoms. The Morgan fingerprint density at radius 3 is 2.59 bits per heavy atom. The molecular formula is C24H32N4O3S. The van der Waals surface area contributed by atoms with Crippen LogP contribution in [-0.4, -0.2) is 50.3 Å². The van der Waals surface area contributed by atoms with E-state index in [2.05, 4.69) is 53.1 Å². The van der Waals surface area contributed by atoms with Crippen molar-refractivity contribution < 1.29 is 14.6 Å². The van der Waals surface area contributed by atoms with Crippen LogP contribution in [0.25, 0.3) is 4.96 Å². The van der Waals surface area contributed by atoms with Gasteiger partial charge in [-0.3, -0.25) is 9.69 Å². The van der Waals surface area contributed by atoms with E-state index in [0.717, 1.165) is 42.1 Å². The third-order valence-corrected chi connectivity index (χ3v) is 7.24. The summed E-state index contributed by atoms with van der Waals surface area (Å²) in [6, 6.07) is 8.42. The van der Waals surface area contributed by atoms with Crippen LogP contribution in [0.3, 0.4) is 0 Å². The number of thiazole rings is 1. The largest absolute Gasteiger partial charge is 0.492 e. The van der Waals surface area contributed by atoms with Gasteiger partial charge in [0.25, 0.3) is 0 Å². The molecule has 3 aromatic rings. The molecule has 32 heavy (non-hydrogen) atoms. The summed E-state index contributed by atoms with van der Waals surface area (Å²) in [6.07, 6.45) is 2.46. The van der Waals surface area contributed by atoms with Crippen molar-refractivity contribution in [2.45, 2.75) is 58.9 Å². The highest BCUT2D eigenvalue weighted by atomic mass is 32.1. The van der Waals surface area contributed by atoms with Gasteiger partial charge in [-0.15, -0.1) is 5.10 Å². The first kappa shape index (κ1) is 22.7. The molecule has 172 valence electrons. The summed E-state index contributed by atoms with van der Waals surface area (Å²) < 4.78 is 6.85. The Morgan fingerprint density at radius 1 is 1.25 bits per heavy atom. The van der Waals surface area contributed by atoms with Crippen LogP contribution in [0.2, 0.25) is 0 Å². The van der Waals surface area contributed by atoms with Crippen LogP contribution in [0.4, 0.5) is 0 Å². The summed E-state index contributed by atoms with van der Waals surface area (Å²) in [7, 11) is 0. The second-order valence-electron chi connectivity index (χ2n) is 8.68. The molecule has 0 aliphatic carbocycles. The highest BCUT2D eigenvalue weighted by Gasteiger charge is 2.35. The maximum absolute atomic E-state index is 12.5. The molecule has 0 unspecified atom stereocenters. The van der Waals surface area contributed by atoms with E-state index in [-0.39, 0.29) is 23.8 Å². The van der Waals surface area contributed by atoms with Gasteiger partial charge in [0.15, 0.2) is 5.82 Å². The molecule has 7 nitrogen and oxygen atoms in total. The number of hydrogen-bond acceptors (Lipinski definition) is 7. The summed E-state index contributed by atoms with van der Waals surface area (Å²) in [4.78, 5) is 20.8. The number of likely N-dealkylation sites (tertiary alicyclic amines) is 1. The lowest BCUT2D eigenvalue weighted by Crippen LogP contribution is -2.41. The maximum Gasteiger partial charge on any atom is 0.310 e. The first-order valence-corrected chi connectivity index (χ1v) is 12.3. The number of nitrogens with zero attached hydrogens (tertiary/aromatic N) is 4. The predicted molar refractivity (Wildman–Crippen MR) is 125 cm³/mol. The lowest BCUT2D eigenvalue weighted by Gasteiger charge is -2.37. The number of carbonyl (C=O) groups excluding carboxylic acids is 1. The van der Waals surface area contributed by atoms with Gasteiger partial charge >= 0.3 is 5.97 Å². The molecule has 0 radical (unpaired) electrons. The normalized spacial score (nSPS) is 18.3. The Labute approximate surface area is 193 Å². The molecule has 2 aromatic heterocycles. The molecule has 0 bridgehead atoms. The Balaban J connectivity index is 1.74. The number of benzene rings is 1. The molecule has 2 atom stereocenters. The van der Waals surface area contributed by atoms with Crippen molar-refractivity contribution >= 4 is 22.3 Å². The van der Waals surface area contributed by atoms with E-state index in [4.69, 9.17) is 4.74 Å². The molecule has 0 spiro atoms. The molecule has 1 aromatic carbocycles. The molecule has 1 aliphatic heterocycles. The van der Waals surface area contributed by atoms with E-state index in [1.165, 1.54) is 16.9 Å². The summed E-state index contributed by atoms with van der Waals surface area (Å²) in [6.45, 7) is 10.0. The average molecular weight is 457 g/mol. The van der Waals surface area contributed by atoms with Crippen LogP contribution in [0.15, 0.2) is 24.3 Å². The fraction of sp³-hybridized carbons (Fsp3) is 0.542. The SMILES string of the molecule is CCOC(=O)[C@@H]1CCCN([C@H](c2ccc(C(C)C)cc2)c2sc3nc(CC)nn3c2O)C1. The lowest BCUT2D eigenvalue weighted by atomic mass is 9.93. The number of aromatic hydroxyl groups is 1. The van der Waals surface area contributed by atoms with Crippen molar-refractivity contribution in [3.05, 3.63) is 46.1 Å². The number of esters is 1. The summed E-state index contributed by atoms with van der Waals surface area (Å²) in [5.41, 5.74) is 2.37. The number of carbonyl (C=O) groups is 1. The van der Waals surface area contributed by atoms with E-state index in [1.807, 2.05) is 13.8 Å². The van der Waals surface area contributed by atoms with Crippen molar-refractivity contribution in [2.24, 2.45) is 5.92 Å². The second kappa shape index (κ2) is 9.58.